The molecular weight excluding hydrogens is 257 g/mol. The molecular formula is C11H10FN3O2S. The molecule has 0 radical (unpaired) electrons. The Labute approximate surface area is 107 Å². The lowest BCUT2D eigenvalue weighted by Gasteiger charge is -2.07. The van der Waals surface area contributed by atoms with Crippen molar-refractivity contribution >= 4 is 34.4 Å². The minimum Gasteiger partial charge on any atom is -0.324 e. The first-order valence-electron chi connectivity index (χ1n) is 5.16. The number of amides is 2. The van der Waals surface area contributed by atoms with E-state index in [0.29, 0.717) is 0 Å². The van der Waals surface area contributed by atoms with Crippen molar-refractivity contribution in [3.8, 4) is 0 Å². The first-order chi connectivity index (χ1) is 8.56. The van der Waals surface area contributed by atoms with Crippen molar-refractivity contribution in [3.05, 3.63) is 30.1 Å². The zero-order chi connectivity index (χ0) is 13.1. The summed E-state index contributed by atoms with van der Waals surface area (Å²) in [6, 6.07) is 5.80. The van der Waals surface area contributed by atoms with E-state index < -0.39 is 17.0 Å². The number of para-hydroxylation sites is 1. The molecule has 1 fully saturated rings. The number of nitrogens with one attached hydrogen (secondary N) is 3. The summed E-state index contributed by atoms with van der Waals surface area (Å²) in [6.07, 6.45) is -0.0901. The van der Waals surface area contributed by atoms with Crippen molar-refractivity contribution in [1.82, 2.24) is 5.32 Å². The lowest BCUT2D eigenvalue weighted by atomic mass is 10.2. The van der Waals surface area contributed by atoms with Crippen LogP contribution in [0.3, 0.4) is 0 Å². The lowest BCUT2D eigenvalue weighted by molar-refractivity contribution is -0.122. The summed E-state index contributed by atoms with van der Waals surface area (Å²) in [7, 11) is 0. The molecule has 2 amide bonds. The number of anilines is 1. The van der Waals surface area contributed by atoms with E-state index in [1.54, 1.807) is 6.07 Å². The minimum absolute atomic E-state index is 0.0312. The number of hydrogen-bond donors (Lipinski definition) is 3. The zero-order valence-electron chi connectivity index (χ0n) is 9.20. The summed E-state index contributed by atoms with van der Waals surface area (Å²) in [5.74, 6) is -1.35. The Kier molecular flexibility index (Phi) is 3.61. The molecule has 1 unspecified atom stereocenters. The molecule has 1 aromatic rings. The van der Waals surface area contributed by atoms with Crippen LogP contribution in [0.1, 0.15) is 6.42 Å². The van der Waals surface area contributed by atoms with E-state index in [1.807, 2.05) is 0 Å². The van der Waals surface area contributed by atoms with E-state index >= 15 is 0 Å². The van der Waals surface area contributed by atoms with Gasteiger partial charge in [-0.2, -0.15) is 0 Å². The third kappa shape index (κ3) is 2.86. The van der Waals surface area contributed by atoms with E-state index in [1.165, 1.54) is 18.2 Å². The molecule has 0 bridgehead atoms. The number of carbonyl (C=O) groups is 2. The van der Waals surface area contributed by atoms with Crippen molar-refractivity contribution < 1.29 is 14.0 Å². The predicted octanol–water partition coefficient (Wildman–Crippen LogP) is 1.32. The fourth-order valence-corrected chi connectivity index (χ4v) is 2.33. The maximum Gasteiger partial charge on any atom is 0.240 e. The molecule has 94 valence electrons. The van der Waals surface area contributed by atoms with E-state index in [-0.39, 0.29) is 23.2 Å². The largest absolute Gasteiger partial charge is 0.324 e. The topological polar surface area (TPSA) is 82.1 Å². The van der Waals surface area contributed by atoms with Crippen LogP contribution in [-0.4, -0.2) is 22.2 Å². The van der Waals surface area contributed by atoms with Gasteiger partial charge in [0, 0.05) is 6.42 Å². The molecule has 0 saturated carbocycles. The van der Waals surface area contributed by atoms with E-state index in [9.17, 15) is 14.0 Å². The smallest absolute Gasteiger partial charge is 0.240 e. The van der Waals surface area contributed by atoms with Crippen molar-refractivity contribution in [2.75, 3.05) is 5.32 Å². The van der Waals surface area contributed by atoms with Gasteiger partial charge in [0.2, 0.25) is 11.8 Å². The summed E-state index contributed by atoms with van der Waals surface area (Å²) in [4.78, 5) is 22.9. The highest BCUT2D eigenvalue weighted by molar-refractivity contribution is 8.15. The Morgan fingerprint density at radius 2 is 2.22 bits per heavy atom. The molecule has 0 spiro atoms. The number of hydrogen-bond acceptors (Lipinski definition) is 4. The molecule has 1 atom stereocenters. The second kappa shape index (κ2) is 5.18. The van der Waals surface area contributed by atoms with Crippen molar-refractivity contribution in [2.24, 2.45) is 0 Å². The maximum atomic E-state index is 13.3. The summed E-state index contributed by atoms with van der Waals surface area (Å²) >= 11 is 0.985. The van der Waals surface area contributed by atoms with Gasteiger partial charge in [-0.1, -0.05) is 23.9 Å². The summed E-state index contributed by atoms with van der Waals surface area (Å²) in [5.41, 5.74) is 0.0842. The number of halogens is 1. The standard InChI is InChI=1S/C11H10FN3O2S/c12-6-3-1-2-4-7(6)14-9(16)5-8-10(17)15-11(13)18-8/h1-4,8H,5H2,(H,14,16)(H2,13,15,17). The van der Waals surface area contributed by atoms with Crippen LogP contribution in [0.5, 0.6) is 0 Å². The highest BCUT2D eigenvalue weighted by Gasteiger charge is 2.31. The molecule has 3 N–H and O–H groups in total. The van der Waals surface area contributed by atoms with Crippen LogP contribution in [0.2, 0.25) is 0 Å². The van der Waals surface area contributed by atoms with Gasteiger partial charge in [-0.15, -0.1) is 0 Å². The molecule has 5 nitrogen and oxygen atoms in total. The maximum absolute atomic E-state index is 13.3. The third-order valence-electron chi connectivity index (χ3n) is 2.31. The fraction of sp³-hybridized carbons (Fsp3) is 0.182. The Balaban J connectivity index is 1.95. The van der Waals surface area contributed by atoms with Crippen molar-refractivity contribution in [1.29, 1.82) is 5.41 Å². The van der Waals surface area contributed by atoms with Crippen LogP contribution in [0.15, 0.2) is 24.3 Å². The van der Waals surface area contributed by atoms with Gasteiger partial charge in [0.25, 0.3) is 0 Å². The Hall–Kier alpha value is -1.89. The predicted molar refractivity (Wildman–Crippen MR) is 66.9 cm³/mol. The lowest BCUT2D eigenvalue weighted by Crippen LogP contribution is -2.27. The first-order valence-corrected chi connectivity index (χ1v) is 6.04. The normalized spacial score (nSPS) is 18.6. The summed E-state index contributed by atoms with van der Waals surface area (Å²) in [5, 5.41) is 11.4. The van der Waals surface area contributed by atoms with Crippen molar-refractivity contribution in [2.45, 2.75) is 11.7 Å². The van der Waals surface area contributed by atoms with Crippen molar-refractivity contribution in [3.63, 3.8) is 0 Å². The third-order valence-corrected chi connectivity index (χ3v) is 3.31. The Morgan fingerprint density at radius 3 is 2.83 bits per heavy atom. The van der Waals surface area contributed by atoms with E-state index in [4.69, 9.17) is 5.41 Å². The summed E-state index contributed by atoms with van der Waals surface area (Å²) < 4.78 is 13.3. The fourth-order valence-electron chi connectivity index (χ4n) is 1.48. The highest BCUT2D eigenvalue weighted by Crippen LogP contribution is 2.22. The van der Waals surface area contributed by atoms with E-state index in [2.05, 4.69) is 10.6 Å². The molecule has 1 aromatic carbocycles. The van der Waals surface area contributed by atoms with Gasteiger partial charge in [0.05, 0.1) is 5.69 Å². The number of benzene rings is 1. The molecule has 18 heavy (non-hydrogen) atoms. The summed E-state index contributed by atoms with van der Waals surface area (Å²) in [6.45, 7) is 0. The molecule has 1 heterocycles. The highest BCUT2D eigenvalue weighted by atomic mass is 32.2. The second-order valence-electron chi connectivity index (χ2n) is 3.66. The average molecular weight is 267 g/mol. The number of rotatable bonds is 3. The van der Waals surface area contributed by atoms with Crippen LogP contribution in [0.4, 0.5) is 10.1 Å². The first kappa shape index (κ1) is 12.6. The molecule has 1 aliphatic heterocycles. The van der Waals surface area contributed by atoms with Crippen LogP contribution in [0, 0.1) is 11.2 Å². The Bertz CT molecular complexity index is 521. The van der Waals surface area contributed by atoms with E-state index in [0.717, 1.165) is 11.8 Å². The second-order valence-corrected chi connectivity index (χ2v) is 4.87. The van der Waals surface area contributed by atoms with Gasteiger partial charge in [0.15, 0.2) is 5.17 Å². The molecule has 1 aliphatic rings. The van der Waals surface area contributed by atoms with Gasteiger partial charge in [0.1, 0.15) is 11.1 Å². The number of amidine groups is 1. The van der Waals surface area contributed by atoms with Crippen LogP contribution >= 0.6 is 11.8 Å². The van der Waals surface area contributed by atoms with Crippen LogP contribution in [-0.2, 0) is 9.59 Å². The van der Waals surface area contributed by atoms with Crippen LogP contribution in [0.25, 0.3) is 0 Å². The van der Waals surface area contributed by atoms with Gasteiger partial charge in [-0.25, -0.2) is 4.39 Å². The molecule has 2 rings (SSSR count). The Morgan fingerprint density at radius 1 is 1.50 bits per heavy atom. The zero-order valence-corrected chi connectivity index (χ0v) is 10.0. The average Bonchev–Trinajstić information content (AvgIpc) is 2.61. The van der Waals surface area contributed by atoms with Gasteiger partial charge in [-0.3, -0.25) is 15.0 Å². The SMILES string of the molecule is N=C1NC(=O)C(CC(=O)Nc2ccccc2F)S1. The quantitative estimate of drug-likeness (QED) is 0.772. The number of thioether (sulfide) groups is 1. The van der Waals surface area contributed by atoms with Gasteiger partial charge < -0.3 is 10.6 Å². The molecule has 1 saturated heterocycles. The monoisotopic (exact) mass is 267 g/mol. The molecule has 0 aromatic heterocycles. The van der Waals surface area contributed by atoms with Gasteiger partial charge in [-0.05, 0) is 12.1 Å². The minimum atomic E-state index is -0.621. The number of carbonyl (C=O) groups excluding carboxylic acids is 2. The molecule has 0 aliphatic carbocycles. The van der Waals surface area contributed by atoms with Crippen LogP contribution < -0.4 is 10.6 Å². The van der Waals surface area contributed by atoms with Gasteiger partial charge >= 0.3 is 0 Å². The molecule has 7 heteroatoms.